The van der Waals surface area contributed by atoms with Gasteiger partial charge >= 0.3 is 0 Å². The summed E-state index contributed by atoms with van der Waals surface area (Å²) in [6.07, 6.45) is 7.78. The molecule has 1 atom stereocenters. The molecule has 0 radical (unpaired) electrons. The van der Waals surface area contributed by atoms with Crippen molar-refractivity contribution >= 4 is 29.9 Å². The minimum Gasteiger partial charge on any atom is -0.352 e. The van der Waals surface area contributed by atoms with Crippen LogP contribution in [0.25, 0.3) is 0 Å². The number of hydrogen-bond acceptors (Lipinski definition) is 3. The molecule has 0 bridgehead atoms. The Balaban J connectivity index is 0.00000128. The average molecular weight is 331 g/mol. The molecule has 0 aromatic heterocycles. The van der Waals surface area contributed by atoms with Crippen molar-refractivity contribution in [2.75, 3.05) is 26.2 Å². The molecule has 2 rings (SSSR count). The Hall–Kier alpha value is -0.700. The van der Waals surface area contributed by atoms with Gasteiger partial charge in [0.25, 0.3) is 0 Å². The van der Waals surface area contributed by atoms with Gasteiger partial charge in [-0.15, -0.1) is 36.3 Å². The third-order valence-electron chi connectivity index (χ3n) is 2.91. The molecule has 16 heavy (non-hydrogen) atoms. The average Bonchev–Trinajstić information content (AvgIpc) is 2.30. The molecule has 0 aliphatic carbocycles. The molecule has 2 aliphatic rings. The van der Waals surface area contributed by atoms with Crippen LogP contribution >= 0.6 is 24.0 Å². The highest BCUT2D eigenvalue weighted by atomic mass is 127. The lowest BCUT2D eigenvalue weighted by atomic mass is 9.99. The van der Waals surface area contributed by atoms with Crippen molar-refractivity contribution < 1.29 is 0 Å². The number of aliphatic imine (C=N–C) groups is 1. The van der Waals surface area contributed by atoms with Crippen molar-refractivity contribution in [2.24, 2.45) is 10.9 Å². The molecule has 88 valence electrons. The summed E-state index contributed by atoms with van der Waals surface area (Å²) in [5.74, 6) is 4.22. The summed E-state index contributed by atoms with van der Waals surface area (Å²) in [7, 11) is 0. The monoisotopic (exact) mass is 331 g/mol. The van der Waals surface area contributed by atoms with Crippen LogP contribution in [0.15, 0.2) is 17.1 Å². The highest BCUT2D eigenvalue weighted by Gasteiger charge is 2.22. The second kappa shape index (κ2) is 6.14. The molecule has 1 unspecified atom stereocenters. The number of nitrogens with zero attached hydrogens (tertiary/aromatic N) is 2. The van der Waals surface area contributed by atoms with Crippen molar-refractivity contribution in [3.05, 3.63) is 12.2 Å². The van der Waals surface area contributed by atoms with Gasteiger partial charge in [0.2, 0.25) is 0 Å². The van der Waals surface area contributed by atoms with E-state index in [0.29, 0.717) is 5.92 Å². The predicted octanol–water partition coefficient (Wildman–Crippen LogP) is 1.46. The van der Waals surface area contributed by atoms with E-state index < -0.39 is 0 Å². The van der Waals surface area contributed by atoms with Crippen LogP contribution in [0.1, 0.15) is 12.8 Å². The molecule has 1 N–H and O–H groups in total. The number of hydrogen-bond donors (Lipinski definition) is 1. The molecule has 4 heteroatoms. The fourth-order valence-corrected chi connectivity index (χ4v) is 2.02. The molecule has 3 nitrogen and oxygen atoms in total. The first-order valence-corrected chi connectivity index (χ1v) is 5.45. The fraction of sp³-hybridized carbons (Fsp3) is 0.583. The second-order valence-corrected chi connectivity index (χ2v) is 4.20. The van der Waals surface area contributed by atoms with Gasteiger partial charge in [-0.2, -0.15) is 0 Å². The van der Waals surface area contributed by atoms with Gasteiger partial charge in [0, 0.05) is 25.6 Å². The van der Waals surface area contributed by atoms with Gasteiger partial charge in [-0.25, -0.2) is 4.99 Å². The van der Waals surface area contributed by atoms with Crippen LogP contribution in [-0.2, 0) is 0 Å². The highest BCUT2D eigenvalue weighted by molar-refractivity contribution is 14.0. The number of guanidine groups is 1. The van der Waals surface area contributed by atoms with E-state index in [-0.39, 0.29) is 24.0 Å². The first kappa shape index (κ1) is 13.4. The van der Waals surface area contributed by atoms with Crippen LogP contribution in [0.2, 0.25) is 0 Å². The van der Waals surface area contributed by atoms with Crippen LogP contribution in [0, 0.1) is 18.3 Å². The Morgan fingerprint density at radius 2 is 2.38 bits per heavy atom. The Morgan fingerprint density at radius 1 is 1.56 bits per heavy atom. The molecule has 2 heterocycles. The minimum absolute atomic E-state index is 0. The van der Waals surface area contributed by atoms with Gasteiger partial charge in [-0.05, 0) is 18.4 Å². The molecule has 0 spiro atoms. The Morgan fingerprint density at radius 3 is 3.00 bits per heavy atom. The van der Waals surface area contributed by atoms with Crippen molar-refractivity contribution in [3.63, 3.8) is 0 Å². The first-order chi connectivity index (χ1) is 7.29. The SMILES string of the molecule is C#CC1CCCN(C2=NCC(=C)CN2)C1.I. The summed E-state index contributed by atoms with van der Waals surface area (Å²) in [5.41, 5.74) is 1.14. The summed E-state index contributed by atoms with van der Waals surface area (Å²) in [5, 5.41) is 3.29. The van der Waals surface area contributed by atoms with Crippen molar-refractivity contribution in [2.45, 2.75) is 12.8 Å². The number of nitrogens with one attached hydrogen (secondary N) is 1. The van der Waals surface area contributed by atoms with Crippen molar-refractivity contribution in [3.8, 4) is 12.3 Å². The lowest BCUT2D eigenvalue weighted by Gasteiger charge is -2.34. The normalized spacial score (nSPS) is 24.9. The number of terminal acetylenes is 1. The zero-order valence-corrected chi connectivity index (χ0v) is 11.7. The van der Waals surface area contributed by atoms with Gasteiger partial charge in [-0.3, -0.25) is 0 Å². The van der Waals surface area contributed by atoms with Gasteiger partial charge < -0.3 is 10.2 Å². The molecule has 1 saturated heterocycles. The van der Waals surface area contributed by atoms with E-state index in [9.17, 15) is 0 Å². The maximum atomic E-state index is 5.47. The Bertz CT molecular complexity index is 330. The van der Waals surface area contributed by atoms with Gasteiger partial charge in [-0.1, -0.05) is 6.58 Å². The largest absolute Gasteiger partial charge is 0.352 e. The molecule has 0 aromatic rings. The molecule has 1 fully saturated rings. The van der Waals surface area contributed by atoms with Crippen LogP contribution in [0.3, 0.4) is 0 Å². The third-order valence-corrected chi connectivity index (χ3v) is 2.91. The molecular formula is C12H18IN3. The molecule has 2 aliphatic heterocycles. The summed E-state index contributed by atoms with van der Waals surface area (Å²) in [6, 6.07) is 0. The van der Waals surface area contributed by atoms with Crippen molar-refractivity contribution in [1.29, 1.82) is 0 Å². The summed E-state index contributed by atoms with van der Waals surface area (Å²) < 4.78 is 0. The minimum atomic E-state index is 0. The van der Waals surface area contributed by atoms with E-state index >= 15 is 0 Å². The maximum Gasteiger partial charge on any atom is 0.194 e. The fourth-order valence-electron chi connectivity index (χ4n) is 2.02. The van der Waals surface area contributed by atoms with Crippen LogP contribution in [0.4, 0.5) is 0 Å². The smallest absolute Gasteiger partial charge is 0.194 e. The highest BCUT2D eigenvalue weighted by Crippen LogP contribution is 2.16. The number of halogens is 1. The van der Waals surface area contributed by atoms with Crippen LogP contribution < -0.4 is 5.32 Å². The lowest BCUT2D eigenvalue weighted by Crippen LogP contribution is -2.48. The quantitative estimate of drug-likeness (QED) is 0.414. The third kappa shape index (κ3) is 3.14. The topological polar surface area (TPSA) is 27.6 Å². The summed E-state index contributed by atoms with van der Waals surface area (Å²) in [6.45, 7) is 7.50. The van der Waals surface area contributed by atoms with E-state index in [1.165, 1.54) is 0 Å². The lowest BCUT2D eigenvalue weighted by molar-refractivity contribution is 0.290. The summed E-state index contributed by atoms with van der Waals surface area (Å²) >= 11 is 0. The van der Waals surface area contributed by atoms with Crippen LogP contribution in [-0.4, -0.2) is 37.0 Å². The van der Waals surface area contributed by atoms with E-state index in [1.807, 2.05) is 0 Å². The first-order valence-electron chi connectivity index (χ1n) is 5.45. The zero-order chi connectivity index (χ0) is 10.7. The molecule has 0 saturated carbocycles. The van der Waals surface area contributed by atoms with Gasteiger partial charge in [0.15, 0.2) is 5.96 Å². The second-order valence-electron chi connectivity index (χ2n) is 4.20. The predicted molar refractivity (Wildman–Crippen MR) is 78.0 cm³/mol. The van der Waals surface area contributed by atoms with E-state index in [2.05, 4.69) is 27.7 Å². The standard InChI is InChI=1S/C12H17N3.HI/c1-3-11-5-4-6-15(9-11)12-13-7-10(2)8-14-12;/h1,11H,2,4-9H2,(H,13,14);1H. The van der Waals surface area contributed by atoms with E-state index in [1.54, 1.807) is 0 Å². The molecule has 0 aromatic carbocycles. The number of rotatable bonds is 0. The van der Waals surface area contributed by atoms with E-state index in [4.69, 9.17) is 6.42 Å². The Kier molecular flexibility index (Phi) is 5.13. The molecule has 0 amide bonds. The van der Waals surface area contributed by atoms with Gasteiger partial charge in [0.1, 0.15) is 0 Å². The number of piperidine rings is 1. The Labute approximate surface area is 114 Å². The van der Waals surface area contributed by atoms with Crippen molar-refractivity contribution in [1.82, 2.24) is 10.2 Å². The van der Waals surface area contributed by atoms with E-state index in [0.717, 1.165) is 50.6 Å². The van der Waals surface area contributed by atoms with Gasteiger partial charge in [0.05, 0.1) is 6.54 Å². The summed E-state index contributed by atoms with van der Waals surface area (Å²) in [4.78, 5) is 6.73. The zero-order valence-electron chi connectivity index (χ0n) is 9.41. The number of likely N-dealkylation sites (tertiary alicyclic amines) is 1. The van der Waals surface area contributed by atoms with Crippen LogP contribution in [0.5, 0.6) is 0 Å². The maximum absolute atomic E-state index is 5.47. The molecular weight excluding hydrogens is 313 g/mol.